The number of sulfonamides is 1. The van der Waals surface area contributed by atoms with Crippen molar-refractivity contribution in [2.24, 2.45) is 5.14 Å². The number of aromatic nitrogens is 3. The minimum atomic E-state index is -3.81. The van der Waals surface area contributed by atoms with Gasteiger partial charge in [-0.05, 0) is 49.2 Å². The van der Waals surface area contributed by atoms with Gasteiger partial charge in [0, 0.05) is 32.1 Å². The standard InChI is InChI=1S/C25H30N6O3S/c26-35(33,34)22-12-10-20(11-13-22)31-23(17-19-7-3-1-4-8-19)27-24(28-31)25(32)30-16-15-29-14-6-2-5-9-21(29)18-30/h1,3-4,7-8,10-13,21H,2,5-6,9,14-18H2,(H2,26,33,34). The van der Waals surface area contributed by atoms with Crippen LogP contribution in [-0.4, -0.2) is 71.1 Å². The maximum absolute atomic E-state index is 13.5. The molecule has 2 aliphatic rings. The predicted octanol–water partition coefficient (Wildman–Crippen LogP) is 2.21. The molecule has 1 atom stereocenters. The highest BCUT2D eigenvalue weighted by molar-refractivity contribution is 7.89. The van der Waals surface area contributed by atoms with Crippen molar-refractivity contribution in [3.63, 3.8) is 0 Å². The van der Waals surface area contributed by atoms with Crippen LogP contribution >= 0.6 is 0 Å². The zero-order valence-electron chi connectivity index (χ0n) is 19.6. The minimum Gasteiger partial charge on any atom is -0.333 e. The van der Waals surface area contributed by atoms with E-state index in [0.29, 0.717) is 37.1 Å². The fourth-order valence-corrected chi connectivity index (χ4v) is 5.49. The lowest BCUT2D eigenvalue weighted by atomic mass is 10.1. The van der Waals surface area contributed by atoms with Gasteiger partial charge >= 0.3 is 0 Å². The minimum absolute atomic E-state index is 0.0172. The number of primary sulfonamides is 1. The molecule has 9 nitrogen and oxygen atoms in total. The molecule has 0 saturated carbocycles. The molecule has 1 aromatic heterocycles. The normalized spacial score (nSPS) is 19.2. The molecule has 1 amide bonds. The number of benzene rings is 2. The van der Waals surface area contributed by atoms with Crippen LogP contribution in [0.5, 0.6) is 0 Å². The largest absolute Gasteiger partial charge is 0.333 e. The first-order chi connectivity index (χ1) is 16.9. The zero-order chi connectivity index (χ0) is 24.4. The van der Waals surface area contributed by atoms with E-state index in [9.17, 15) is 13.2 Å². The molecule has 0 radical (unpaired) electrons. The van der Waals surface area contributed by atoms with E-state index in [0.717, 1.165) is 25.1 Å². The molecule has 2 aliphatic heterocycles. The first-order valence-electron chi connectivity index (χ1n) is 12.0. The van der Waals surface area contributed by atoms with E-state index < -0.39 is 10.0 Å². The first-order valence-corrected chi connectivity index (χ1v) is 13.6. The van der Waals surface area contributed by atoms with Crippen molar-refractivity contribution in [2.45, 2.75) is 43.0 Å². The van der Waals surface area contributed by atoms with Crippen molar-refractivity contribution >= 4 is 15.9 Å². The summed E-state index contributed by atoms with van der Waals surface area (Å²) in [4.78, 5) is 22.5. The average Bonchev–Trinajstić information content (AvgIpc) is 3.12. The molecule has 2 N–H and O–H groups in total. The van der Waals surface area contributed by atoms with Crippen molar-refractivity contribution < 1.29 is 13.2 Å². The number of nitrogens with two attached hydrogens (primary N) is 1. The van der Waals surface area contributed by atoms with E-state index >= 15 is 0 Å². The molecule has 5 rings (SSSR count). The molecule has 10 heteroatoms. The Morgan fingerprint density at radius 1 is 0.971 bits per heavy atom. The van der Waals surface area contributed by atoms with Crippen LogP contribution in [0.3, 0.4) is 0 Å². The summed E-state index contributed by atoms with van der Waals surface area (Å²) < 4.78 is 25.0. The van der Waals surface area contributed by atoms with Gasteiger partial charge in [0.2, 0.25) is 15.8 Å². The Morgan fingerprint density at radius 3 is 2.49 bits per heavy atom. The first kappa shape index (κ1) is 23.7. The fraction of sp³-hybridized carbons (Fsp3) is 0.400. The Balaban J connectivity index is 1.44. The van der Waals surface area contributed by atoms with Crippen LogP contribution in [0.1, 0.15) is 47.7 Å². The smallest absolute Gasteiger partial charge is 0.293 e. The van der Waals surface area contributed by atoms with Crippen molar-refractivity contribution in [2.75, 3.05) is 26.2 Å². The number of piperazine rings is 1. The van der Waals surface area contributed by atoms with Crippen LogP contribution in [0, 0.1) is 0 Å². The van der Waals surface area contributed by atoms with Gasteiger partial charge in [0.15, 0.2) is 0 Å². The predicted molar refractivity (Wildman–Crippen MR) is 132 cm³/mol. The zero-order valence-corrected chi connectivity index (χ0v) is 20.4. The molecule has 2 aromatic carbocycles. The van der Waals surface area contributed by atoms with E-state index in [2.05, 4.69) is 15.0 Å². The molecule has 2 fully saturated rings. The summed E-state index contributed by atoms with van der Waals surface area (Å²) in [5.74, 6) is 0.604. The van der Waals surface area contributed by atoms with Gasteiger partial charge in [-0.1, -0.05) is 43.2 Å². The van der Waals surface area contributed by atoms with Gasteiger partial charge in [-0.3, -0.25) is 9.69 Å². The second-order valence-electron chi connectivity index (χ2n) is 9.26. The quantitative estimate of drug-likeness (QED) is 0.582. The van der Waals surface area contributed by atoms with Crippen LogP contribution in [0.25, 0.3) is 5.69 Å². The van der Waals surface area contributed by atoms with Gasteiger partial charge < -0.3 is 4.90 Å². The second kappa shape index (κ2) is 9.88. The number of carbonyl (C=O) groups is 1. The highest BCUT2D eigenvalue weighted by atomic mass is 32.2. The monoisotopic (exact) mass is 494 g/mol. The van der Waals surface area contributed by atoms with Crippen LogP contribution < -0.4 is 5.14 Å². The van der Waals surface area contributed by atoms with E-state index in [1.165, 1.54) is 31.4 Å². The molecule has 184 valence electrons. The molecule has 0 aliphatic carbocycles. The molecule has 2 saturated heterocycles. The van der Waals surface area contributed by atoms with Crippen LogP contribution in [-0.2, 0) is 16.4 Å². The molecule has 3 aromatic rings. The summed E-state index contributed by atoms with van der Waals surface area (Å²) in [6, 6.07) is 16.4. The summed E-state index contributed by atoms with van der Waals surface area (Å²) >= 11 is 0. The Morgan fingerprint density at radius 2 is 1.74 bits per heavy atom. The third-order valence-electron chi connectivity index (χ3n) is 6.85. The number of hydrogen-bond acceptors (Lipinski definition) is 6. The van der Waals surface area contributed by atoms with E-state index in [1.54, 1.807) is 16.8 Å². The third-order valence-corrected chi connectivity index (χ3v) is 7.78. The van der Waals surface area contributed by atoms with Gasteiger partial charge in [0.25, 0.3) is 5.91 Å². The van der Waals surface area contributed by atoms with Crippen molar-refractivity contribution in [3.05, 3.63) is 71.8 Å². The fourth-order valence-electron chi connectivity index (χ4n) is 4.97. The Hall–Kier alpha value is -3.08. The number of nitrogens with zero attached hydrogens (tertiary/aromatic N) is 5. The topological polar surface area (TPSA) is 114 Å². The van der Waals surface area contributed by atoms with Gasteiger partial charge in [0.05, 0.1) is 10.6 Å². The average molecular weight is 495 g/mol. The summed E-state index contributed by atoms with van der Waals surface area (Å²) in [7, 11) is -3.81. The van der Waals surface area contributed by atoms with Crippen LogP contribution in [0.2, 0.25) is 0 Å². The molecular formula is C25H30N6O3S. The maximum Gasteiger partial charge on any atom is 0.293 e. The van der Waals surface area contributed by atoms with Crippen molar-refractivity contribution in [1.82, 2.24) is 24.6 Å². The summed E-state index contributed by atoms with van der Waals surface area (Å²) in [5, 5.41) is 9.83. The van der Waals surface area contributed by atoms with E-state index in [-0.39, 0.29) is 16.6 Å². The molecule has 0 bridgehead atoms. The van der Waals surface area contributed by atoms with Gasteiger partial charge in [0.1, 0.15) is 5.82 Å². The van der Waals surface area contributed by atoms with E-state index in [1.807, 2.05) is 35.2 Å². The lowest BCUT2D eigenvalue weighted by Gasteiger charge is -2.40. The summed E-state index contributed by atoms with van der Waals surface area (Å²) in [6.07, 6.45) is 5.27. The number of amides is 1. The van der Waals surface area contributed by atoms with Gasteiger partial charge in [-0.2, -0.15) is 0 Å². The lowest BCUT2D eigenvalue weighted by molar-refractivity contribution is 0.0478. The second-order valence-corrected chi connectivity index (χ2v) is 10.8. The Labute approximate surface area is 205 Å². The summed E-state index contributed by atoms with van der Waals surface area (Å²) in [5.41, 5.74) is 1.65. The van der Waals surface area contributed by atoms with Crippen molar-refractivity contribution in [1.29, 1.82) is 0 Å². The molecule has 1 unspecified atom stereocenters. The third kappa shape index (κ3) is 5.29. The van der Waals surface area contributed by atoms with Crippen LogP contribution in [0.4, 0.5) is 0 Å². The summed E-state index contributed by atoms with van der Waals surface area (Å²) in [6.45, 7) is 3.35. The molecular weight excluding hydrogens is 464 g/mol. The Bertz CT molecular complexity index is 1290. The molecule has 35 heavy (non-hydrogen) atoms. The number of fused-ring (bicyclic) bond motifs is 1. The maximum atomic E-state index is 13.5. The molecule has 3 heterocycles. The molecule has 0 spiro atoms. The SMILES string of the molecule is NS(=O)(=O)c1ccc(-n2nc(C(=O)N3CCN4CCCCCC4C3)nc2Cc2ccccc2)cc1. The highest BCUT2D eigenvalue weighted by Gasteiger charge is 2.32. The number of rotatable bonds is 5. The van der Waals surface area contributed by atoms with Gasteiger partial charge in [-0.15, -0.1) is 5.10 Å². The lowest BCUT2D eigenvalue weighted by Crippen LogP contribution is -2.54. The van der Waals surface area contributed by atoms with Gasteiger partial charge in [-0.25, -0.2) is 23.2 Å². The van der Waals surface area contributed by atoms with Crippen LogP contribution in [0.15, 0.2) is 59.5 Å². The van der Waals surface area contributed by atoms with Crippen molar-refractivity contribution in [3.8, 4) is 5.69 Å². The van der Waals surface area contributed by atoms with E-state index in [4.69, 9.17) is 5.14 Å². The number of hydrogen-bond donors (Lipinski definition) is 1. The highest BCUT2D eigenvalue weighted by Crippen LogP contribution is 2.22. The Kier molecular flexibility index (Phi) is 6.68. The number of carbonyl (C=O) groups excluding carboxylic acids is 1.